The standard InChI is InChI=1S/C22H22F3NO3/c1-11-5-6-14-9-16-18(19(27)29-4)12(2)8-17-21(16,15(14)7-11)10-13(3)26(17)20(28)22(23,24)25/h5-8,13,16H,9-10H2,1-4H3/t13-,16?,21+/m1/s1. The first-order valence-electron chi connectivity index (χ1n) is 9.54. The second-order valence-electron chi connectivity index (χ2n) is 8.23. The number of allylic oxidation sites excluding steroid dienone is 3. The highest BCUT2D eigenvalue weighted by Crippen LogP contribution is 2.61. The van der Waals surface area contributed by atoms with Crippen LogP contribution in [0.15, 0.2) is 41.1 Å². The van der Waals surface area contributed by atoms with E-state index in [1.165, 1.54) is 7.11 Å². The molecule has 0 saturated carbocycles. The van der Waals surface area contributed by atoms with Crippen molar-refractivity contribution in [2.75, 3.05) is 7.11 Å². The molecule has 29 heavy (non-hydrogen) atoms. The number of amides is 1. The van der Waals surface area contributed by atoms with E-state index in [4.69, 9.17) is 4.74 Å². The van der Waals surface area contributed by atoms with Gasteiger partial charge >= 0.3 is 18.1 Å². The van der Waals surface area contributed by atoms with Gasteiger partial charge in [0.15, 0.2) is 0 Å². The molecule has 4 nitrogen and oxygen atoms in total. The SMILES string of the molecule is COC(=O)C1=C(C)C=C2N(C(=O)C(F)(F)F)[C@H](C)C[C@@]23c2cc(C)ccc2CC13. The van der Waals surface area contributed by atoms with Crippen molar-refractivity contribution >= 4 is 11.9 Å². The molecule has 154 valence electrons. The fourth-order valence-electron chi connectivity index (χ4n) is 5.51. The maximum Gasteiger partial charge on any atom is 0.471 e. The Morgan fingerprint density at radius 2 is 1.93 bits per heavy atom. The lowest BCUT2D eigenvalue weighted by Crippen LogP contribution is -2.45. The summed E-state index contributed by atoms with van der Waals surface area (Å²) in [5, 5.41) is 0. The Bertz CT molecular complexity index is 992. The monoisotopic (exact) mass is 405 g/mol. The van der Waals surface area contributed by atoms with Gasteiger partial charge < -0.3 is 9.64 Å². The van der Waals surface area contributed by atoms with E-state index in [1.54, 1.807) is 19.9 Å². The highest BCUT2D eigenvalue weighted by molar-refractivity contribution is 5.93. The maximum absolute atomic E-state index is 13.4. The summed E-state index contributed by atoms with van der Waals surface area (Å²) in [5.41, 5.74) is 3.42. The van der Waals surface area contributed by atoms with Crippen molar-refractivity contribution in [1.29, 1.82) is 0 Å². The Kier molecular flexibility index (Phi) is 4.23. The van der Waals surface area contributed by atoms with E-state index in [0.717, 1.165) is 21.6 Å². The van der Waals surface area contributed by atoms with Crippen molar-refractivity contribution in [3.8, 4) is 0 Å². The van der Waals surface area contributed by atoms with Crippen LogP contribution < -0.4 is 0 Å². The average molecular weight is 405 g/mol. The Morgan fingerprint density at radius 1 is 1.24 bits per heavy atom. The molecular weight excluding hydrogens is 383 g/mol. The second kappa shape index (κ2) is 6.21. The number of carbonyl (C=O) groups is 2. The number of alkyl halides is 3. The average Bonchev–Trinajstić information content (AvgIpc) is 3.10. The van der Waals surface area contributed by atoms with Crippen LogP contribution in [0, 0.1) is 12.8 Å². The predicted octanol–water partition coefficient (Wildman–Crippen LogP) is 3.98. The number of benzene rings is 1. The van der Waals surface area contributed by atoms with Crippen LogP contribution in [-0.4, -0.2) is 36.1 Å². The number of methoxy groups -OCH3 is 1. The number of fused-ring (bicyclic) bond motifs is 1. The Labute approximate surface area is 167 Å². The maximum atomic E-state index is 13.4. The molecule has 1 spiro atoms. The van der Waals surface area contributed by atoms with Gasteiger partial charge in [0.05, 0.1) is 7.11 Å². The zero-order valence-electron chi connectivity index (χ0n) is 16.7. The molecule has 1 aromatic carbocycles. The minimum Gasteiger partial charge on any atom is -0.466 e. The molecule has 1 amide bonds. The molecule has 1 saturated heterocycles. The van der Waals surface area contributed by atoms with Crippen LogP contribution in [0.1, 0.15) is 37.0 Å². The first-order chi connectivity index (χ1) is 13.5. The van der Waals surface area contributed by atoms with Crippen molar-refractivity contribution in [3.63, 3.8) is 0 Å². The van der Waals surface area contributed by atoms with Gasteiger partial charge in [-0.05, 0) is 56.4 Å². The Morgan fingerprint density at radius 3 is 2.55 bits per heavy atom. The summed E-state index contributed by atoms with van der Waals surface area (Å²) in [4.78, 5) is 25.8. The van der Waals surface area contributed by atoms with Gasteiger partial charge in [0.1, 0.15) is 0 Å². The molecule has 1 aliphatic heterocycles. The normalized spacial score (nSPS) is 28.0. The van der Waals surface area contributed by atoms with E-state index in [9.17, 15) is 22.8 Å². The molecule has 0 radical (unpaired) electrons. The molecular formula is C22H22F3NO3. The highest BCUT2D eigenvalue weighted by atomic mass is 19.4. The van der Waals surface area contributed by atoms with Crippen LogP contribution in [0.5, 0.6) is 0 Å². The zero-order chi connectivity index (χ0) is 21.3. The van der Waals surface area contributed by atoms with Gasteiger partial charge in [0.2, 0.25) is 0 Å². The predicted molar refractivity (Wildman–Crippen MR) is 99.8 cm³/mol. The minimum absolute atomic E-state index is 0.329. The second-order valence-corrected chi connectivity index (χ2v) is 8.23. The van der Waals surface area contributed by atoms with Crippen LogP contribution in [0.3, 0.4) is 0 Å². The van der Waals surface area contributed by atoms with E-state index in [2.05, 4.69) is 0 Å². The summed E-state index contributed by atoms with van der Waals surface area (Å²) in [7, 11) is 1.30. The van der Waals surface area contributed by atoms with Crippen LogP contribution in [-0.2, 0) is 26.2 Å². The van der Waals surface area contributed by atoms with E-state index >= 15 is 0 Å². The molecule has 4 rings (SSSR count). The summed E-state index contributed by atoms with van der Waals surface area (Å²) >= 11 is 0. The molecule has 1 aromatic rings. The Hall–Kier alpha value is -2.57. The van der Waals surface area contributed by atoms with Crippen molar-refractivity contribution in [2.24, 2.45) is 5.92 Å². The van der Waals surface area contributed by atoms with Crippen molar-refractivity contribution < 1.29 is 27.5 Å². The lowest BCUT2D eigenvalue weighted by atomic mass is 9.64. The third kappa shape index (κ3) is 2.59. The molecule has 0 bridgehead atoms. The van der Waals surface area contributed by atoms with Gasteiger partial charge in [0.25, 0.3) is 0 Å². The lowest BCUT2D eigenvalue weighted by Gasteiger charge is -2.39. The molecule has 1 unspecified atom stereocenters. The summed E-state index contributed by atoms with van der Waals surface area (Å²) in [6, 6.07) is 5.27. The highest BCUT2D eigenvalue weighted by Gasteiger charge is 2.63. The molecule has 3 aliphatic rings. The van der Waals surface area contributed by atoms with E-state index in [1.807, 2.05) is 25.1 Å². The van der Waals surface area contributed by atoms with Gasteiger partial charge in [-0.3, -0.25) is 4.79 Å². The number of nitrogens with zero attached hydrogens (tertiary/aromatic N) is 1. The molecule has 3 atom stereocenters. The van der Waals surface area contributed by atoms with E-state index in [0.29, 0.717) is 29.7 Å². The van der Waals surface area contributed by atoms with Crippen LogP contribution in [0.25, 0.3) is 0 Å². The fourth-order valence-corrected chi connectivity index (χ4v) is 5.51. The molecule has 0 N–H and O–H groups in total. The third-order valence-electron chi connectivity index (χ3n) is 6.53. The number of hydrogen-bond donors (Lipinski definition) is 0. The largest absolute Gasteiger partial charge is 0.471 e. The molecule has 1 fully saturated rings. The first kappa shape index (κ1) is 19.7. The molecule has 2 aliphatic carbocycles. The quantitative estimate of drug-likeness (QED) is 0.664. The van der Waals surface area contributed by atoms with E-state index < -0.39 is 29.5 Å². The van der Waals surface area contributed by atoms with Gasteiger partial charge in [-0.1, -0.05) is 23.8 Å². The minimum atomic E-state index is -4.97. The number of carbonyl (C=O) groups excluding carboxylic acids is 2. The smallest absolute Gasteiger partial charge is 0.466 e. The van der Waals surface area contributed by atoms with Gasteiger partial charge in [-0.2, -0.15) is 13.2 Å². The summed E-state index contributed by atoms with van der Waals surface area (Å²) < 4.78 is 45.2. The van der Waals surface area contributed by atoms with Gasteiger partial charge in [-0.15, -0.1) is 0 Å². The number of rotatable bonds is 1. The van der Waals surface area contributed by atoms with Crippen LogP contribution >= 0.6 is 0 Å². The third-order valence-corrected chi connectivity index (χ3v) is 6.53. The summed E-state index contributed by atoms with van der Waals surface area (Å²) in [6.45, 7) is 5.25. The molecule has 7 heteroatoms. The number of hydrogen-bond acceptors (Lipinski definition) is 3. The van der Waals surface area contributed by atoms with Crippen LogP contribution in [0.2, 0.25) is 0 Å². The number of esters is 1. The van der Waals surface area contributed by atoms with Crippen molar-refractivity contribution in [1.82, 2.24) is 4.90 Å². The van der Waals surface area contributed by atoms with Gasteiger partial charge in [0, 0.05) is 28.6 Å². The van der Waals surface area contributed by atoms with Crippen molar-refractivity contribution in [3.05, 3.63) is 57.8 Å². The van der Waals surface area contributed by atoms with E-state index in [-0.39, 0.29) is 5.92 Å². The Balaban J connectivity index is 1.99. The van der Waals surface area contributed by atoms with Crippen LogP contribution in [0.4, 0.5) is 13.2 Å². The topological polar surface area (TPSA) is 46.6 Å². The lowest BCUT2D eigenvalue weighted by molar-refractivity contribution is -0.184. The number of halogens is 3. The number of aryl methyl sites for hydroxylation is 1. The van der Waals surface area contributed by atoms with Gasteiger partial charge in [-0.25, -0.2) is 4.79 Å². The summed E-state index contributed by atoms with van der Waals surface area (Å²) in [5.74, 6) is -2.69. The number of likely N-dealkylation sites (tertiary alicyclic amines) is 1. The number of ether oxygens (including phenoxy) is 1. The summed E-state index contributed by atoms with van der Waals surface area (Å²) in [6.07, 6.45) is -2.54. The fraction of sp³-hybridized carbons (Fsp3) is 0.455. The molecule has 0 aromatic heterocycles. The van der Waals surface area contributed by atoms with Crippen molar-refractivity contribution in [2.45, 2.75) is 51.2 Å². The first-order valence-corrected chi connectivity index (χ1v) is 9.54. The molecule has 1 heterocycles. The zero-order valence-corrected chi connectivity index (χ0v) is 16.7.